The molecule has 1 fully saturated rings. The average molecular weight is 224 g/mol. The number of nitrogens with zero attached hydrogens (tertiary/aromatic N) is 3. The van der Waals surface area contributed by atoms with E-state index in [0.717, 1.165) is 5.82 Å². The fourth-order valence-corrected chi connectivity index (χ4v) is 2.50. The van der Waals surface area contributed by atoms with Gasteiger partial charge in [-0.1, -0.05) is 12.8 Å². The maximum absolute atomic E-state index is 9.14. The highest BCUT2D eigenvalue weighted by Crippen LogP contribution is 2.30. The fraction of sp³-hybridized carbons (Fsp3) is 0.727. The Morgan fingerprint density at radius 2 is 2.25 bits per heavy atom. The number of hydrogen-bond acceptors (Lipinski definition) is 4. The highest BCUT2D eigenvalue weighted by Gasteiger charge is 2.25. The van der Waals surface area contributed by atoms with Crippen molar-refractivity contribution in [1.29, 1.82) is 0 Å². The number of rotatable bonds is 4. The van der Waals surface area contributed by atoms with Crippen molar-refractivity contribution in [3.8, 4) is 0 Å². The summed E-state index contributed by atoms with van der Waals surface area (Å²) in [7, 11) is 1.87. The first kappa shape index (κ1) is 11.3. The third kappa shape index (κ3) is 2.14. The molecule has 1 heterocycles. The lowest BCUT2D eigenvalue weighted by atomic mass is 10.2. The van der Waals surface area contributed by atoms with Crippen LogP contribution in [0, 0.1) is 0 Å². The van der Waals surface area contributed by atoms with Crippen molar-refractivity contribution in [1.82, 2.24) is 9.78 Å². The summed E-state index contributed by atoms with van der Waals surface area (Å²) in [5.41, 5.74) is 6.63. The lowest BCUT2D eigenvalue weighted by Gasteiger charge is -2.28. The highest BCUT2D eigenvalue weighted by molar-refractivity contribution is 5.62. The second-order valence-corrected chi connectivity index (χ2v) is 4.44. The van der Waals surface area contributed by atoms with Gasteiger partial charge in [-0.3, -0.25) is 4.68 Å². The second-order valence-electron chi connectivity index (χ2n) is 4.44. The molecule has 0 saturated heterocycles. The molecule has 0 aromatic carbocycles. The fourth-order valence-electron chi connectivity index (χ4n) is 2.50. The molecule has 0 spiro atoms. The van der Waals surface area contributed by atoms with Crippen LogP contribution in [0.25, 0.3) is 0 Å². The summed E-state index contributed by atoms with van der Waals surface area (Å²) in [6.07, 6.45) is 6.69. The number of aliphatic hydroxyl groups is 1. The van der Waals surface area contributed by atoms with Crippen molar-refractivity contribution in [2.45, 2.75) is 31.7 Å². The Kier molecular flexibility index (Phi) is 3.33. The molecule has 1 aromatic rings. The lowest BCUT2D eigenvalue weighted by molar-refractivity contribution is 0.296. The van der Waals surface area contributed by atoms with Crippen LogP contribution in [0.5, 0.6) is 0 Å². The van der Waals surface area contributed by atoms with Gasteiger partial charge >= 0.3 is 0 Å². The molecular weight excluding hydrogens is 204 g/mol. The van der Waals surface area contributed by atoms with Crippen LogP contribution < -0.4 is 10.6 Å². The zero-order valence-corrected chi connectivity index (χ0v) is 9.76. The van der Waals surface area contributed by atoms with E-state index in [0.29, 0.717) is 18.3 Å². The third-order valence-corrected chi connectivity index (χ3v) is 3.21. The Balaban J connectivity index is 2.20. The van der Waals surface area contributed by atoms with E-state index in [2.05, 4.69) is 10.00 Å². The molecule has 1 aliphatic carbocycles. The molecule has 1 aliphatic rings. The molecule has 0 radical (unpaired) electrons. The summed E-state index contributed by atoms with van der Waals surface area (Å²) in [5, 5.41) is 13.5. The van der Waals surface area contributed by atoms with Gasteiger partial charge < -0.3 is 15.7 Å². The van der Waals surface area contributed by atoms with Crippen molar-refractivity contribution < 1.29 is 5.11 Å². The molecule has 1 saturated carbocycles. The summed E-state index contributed by atoms with van der Waals surface area (Å²) < 4.78 is 1.73. The minimum Gasteiger partial charge on any atom is -0.395 e. The van der Waals surface area contributed by atoms with Crippen LogP contribution in [0.15, 0.2) is 6.20 Å². The van der Waals surface area contributed by atoms with Gasteiger partial charge in [-0.15, -0.1) is 0 Å². The van der Waals surface area contributed by atoms with E-state index in [1.54, 1.807) is 4.68 Å². The van der Waals surface area contributed by atoms with Gasteiger partial charge in [0.15, 0.2) is 5.82 Å². The molecule has 0 aliphatic heterocycles. The Morgan fingerprint density at radius 3 is 2.75 bits per heavy atom. The monoisotopic (exact) mass is 224 g/mol. The van der Waals surface area contributed by atoms with Crippen molar-refractivity contribution in [2.24, 2.45) is 7.05 Å². The molecule has 0 amide bonds. The number of aryl methyl sites for hydroxylation is 1. The quantitative estimate of drug-likeness (QED) is 0.791. The Morgan fingerprint density at radius 1 is 1.56 bits per heavy atom. The van der Waals surface area contributed by atoms with Gasteiger partial charge in [0.25, 0.3) is 0 Å². The Hall–Kier alpha value is -1.23. The smallest absolute Gasteiger partial charge is 0.174 e. The van der Waals surface area contributed by atoms with Gasteiger partial charge in [0.1, 0.15) is 0 Å². The van der Waals surface area contributed by atoms with Gasteiger partial charge in [0.2, 0.25) is 0 Å². The molecule has 5 nitrogen and oxygen atoms in total. The standard InChI is InChI=1S/C11H20N4O/c1-14-8-10(12)11(13-14)15(6-7-16)9-4-2-3-5-9/h8-9,16H,2-7,12H2,1H3. The van der Waals surface area contributed by atoms with E-state index in [1.807, 2.05) is 13.2 Å². The van der Waals surface area contributed by atoms with E-state index in [1.165, 1.54) is 25.7 Å². The van der Waals surface area contributed by atoms with Gasteiger partial charge in [-0.2, -0.15) is 5.10 Å². The van der Waals surface area contributed by atoms with Crippen molar-refractivity contribution in [3.05, 3.63) is 6.20 Å². The second kappa shape index (κ2) is 4.74. The number of aromatic nitrogens is 2. The number of anilines is 2. The molecule has 90 valence electrons. The minimum absolute atomic E-state index is 0.145. The number of hydrogen-bond donors (Lipinski definition) is 2. The summed E-state index contributed by atoms with van der Waals surface area (Å²) >= 11 is 0. The van der Waals surface area contributed by atoms with Gasteiger partial charge in [-0.25, -0.2) is 0 Å². The molecule has 0 unspecified atom stereocenters. The summed E-state index contributed by atoms with van der Waals surface area (Å²) in [6, 6.07) is 0.490. The Bertz CT molecular complexity index is 344. The zero-order valence-electron chi connectivity index (χ0n) is 9.76. The third-order valence-electron chi connectivity index (χ3n) is 3.21. The minimum atomic E-state index is 0.145. The molecule has 0 atom stereocenters. The van der Waals surface area contributed by atoms with E-state index < -0.39 is 0 Å². The first-order valence-electron chi connectivity index (χ1n) is 5.89. The van der Waals surface area contributed by atoms with Gasteiger partial charge in [0.05, 0.1) is 12.3 Å². The molecule has 3 N–H and O–H groups in total. The predicted octanol–water partition coefficient (Wildman–Crippen LogP) is 0.744. The SMILES string of the molecule is Cn1cc(N)c(N(CCO)C2CCCC2)n1. The Labute approximate surface area is 95.8 Å². The van der Waals surface area contributed by atoms with Crippen molar-refractivity contribution in [3.63, 3.8) is 0 Å². The van der Waals surface area contributed by atoms with Crippen molar-refractivity contribution >= 4 is 11.5 Å². The maximum atomic E-state index is 9.14. The first-order chi connectivity index (χ1) is 7.72. The van der Waals surface area contributed by atoms with E-state index in [4.69, 9.17) is 10.8 Å². The summed E-state index contributed by atoms with van der Waals surface area (Å²) in [4.78, 5) is 2.16. The van der Waals surface area contributed by atoms with Gasteiger partial charge in [-0.05, 0) is 12.8 Å². The highest BCUT2D eigenvalue weighted by atomic mass is 16.3. The molecule has 16 heavy (non-hydrogen) atoms. The molecular formula is C11H20N4O. The van der Waals surface area contributed by atoms with Crippen LogP contribution in [0.3, 0.4) is 0 Å². The molecule has 1 aromatic heterocycles. The van der Waals surface area contributed by atoms with Crippen LogP contribution in [-0.2, 0) is 7.05 Å². The number of aliphatic hydroxyl groups excluding tert-OH is 1. The predicted molar refractivity (Wildman–Crippen MR) is 64.3 cm³/mol. The summed E-state index contributed by atoms with van der Waals surface area (Å²) in [5.74, 6) is 0.823. The number of nitrogens with two attached hydrogens (primary N) is 1. The van der Waals surface area contributed by atoms with Crippen LogP contribution in [0.1, 0.15) is 25.7 Å². The van der Waals surface area contributed by atoms with Crippen LogP contribution in [-0.4, -0.2) is 34.1 Å². The molecule has 2 rings (SSSR count). The number of nitrogen functional groups attached to an aromatic ring is 1. The lowest BCUT2D eigenvalue weighted by Crippen LogP contribution is -2.36. The van der Waals surface area contributed by atoms with E-state index >= 15 is 0 Å². The normalized spacial score (nSPS) is 16.9. The van der Waals surface area contributed by atoms with Crippen molar-refractivity contribution in [2.75, 3.05) is 23.8 Å². The maximum Gasteiger partial charge on any atom is 0.174 e. The largest absolute Gasteiger partial charge is 0.395 e. The molecule has 5 heteroatoms. The van der Waals surface area contributed by atoms with Crippen LogP contribution in [0.4, 0.5) is 11.5 Å². The van der Waals surface area contributed by atoms with Crippen LogP contribution >= 0.6 is 0 Å². The van der Waals surface area contributed by atoms with E-state index in [-0.39, 0.29) is 6.61 Å². The summed E-state index contributed by atoms with van der Waals surface area (Å²) in [6.45, 7) is 0.762. The van der Waals surface area contributed by atoms with Crippen LogP contribution in [0.2, 0.25) is 0 Å². The van der Waals surface area contributed by atoms with E-state index in [9.17, 15) is 0 Å². The average Bonchev–Trinajstić information content (AvgIpc) is 2.85. The zero-order chi connectivity index (χ0) is 11.5. The van der Waals surface area contributed by atoms with Gasteiger partial charge in [0, 0.05) is 25.8 Å². The topological polar surface area (TPSA) is 67.3 Å². The molecule has 0 bridgehead atoms. The first-order valence-corrected chi connectivity index (χ1v) is 5.89.